The van der Waals surface area contributed by atoms with Crippen LogP contribution in [0.3, 0.4) is 0 Å². The van der Waals surface area contributed by atoms with Gasteiger partial charge in [0.1, 0.15) is 11.3 Å². The molecular weight excluding hydrogens is 366 g/mol. The van der Waals surface area contributed by atoms with Gasteiger partial charge in [0.25, 0.3) is 5.91 Å². The molecule has 0 aliphatic carbocycles. The van der Waals surface area contributed by atoms with Gasteiger partial charge in [-0.25, -0.2) is 9.97 Å². The molecule has 29 heavy (non-hydrogen) atoms. The number of anilines is 1. The van der Waals surface area contributed by atoms with E-state index in [2.05, 4.69) is 15.3 Å². The fourth-order valence-electron chi connectivity index (χ4n) is 3.09. The number of aromatic hydroxyl groups is 1. The van der Waals surface area contributed by atoms with Crippen molar-refractivity contribution in [3.8, 4) is 5.75 Å². The number of hydrogen-bond acceptors (Lipinski definition) is 5. The van der Waals surface area contributed by atoms with E-state index < -0.39 is 0 Å². The maximum absolute atomic E-state index is 12.5. The zero-order chi connectivity index (χ0) is 20.4. The number of amides is 1. The summed E-state index contributed by atoms with van der Waals surface area (Å²) >= 11 is 0. The van der Waals surface area contributed by atoms with Crippen LogP contribution < -0.4 is 5.32 Å². The van der Waals surface area contributed by atoms with Gasteiger partial charge in [-0.3, -0.25) is 4.79 Å². The van der Waals surface area contributed by atoms with Crippen molar-refractivity contribution in [3.63, 3.8) is 0 Å². The number of aryl methyl sites for hydroxylation is 2. The van der Waals surface area contributed by atoms with Gasteiger partial charge in [-0.15, -0.1) is 0 Å². The van der Waals surface area contributed by atoms with Crippen LogP contribution in [0.15, 0.2) is 59.0 Å². The number of hydrogen-bond donors (Lipinski definition) is 2. The van der Waals surface area contributed by atoms with Crippen molar-refractivity contribution in [1.82, 2.24) is 9.97 Å². The average Bonchev–Trinajstić information content (AvgIpc) is 3.06. The molecule has 0 spiro atoms. The summed E-state index contributed by atoms with van der Waals surface area (Å²) in [5.41, 5.74) is 3.25. The van der Waals surface area contributed by atoms with Gasteiger partial charge in [-0.05, 0) is 36.8 Å². The number of carbonyl (C=O) groups is 1. The second kappa shape index (κ2) is 7.59. The molecule has 0 fully saturated rings. The van der Waals surface area contributed by atoms with E-state index in [9.17, 15) is 9.90 Å². The van der Waals surface area contributed by atoms with E-state index in [0.29, 0.717) is 28.5 Å². The molecule has 0 saturated heterocycles. The van der Waals surface area contributed by atoms with Gasteiger partial charge in [-0.1, -0.05) is 42.5 Å². The van der Waals surface area contributed by atoms with Crippen LogP contribution in [0.5, 0.6) is 5.75 Å². The summed E-state index contributed by atoms with van der Waals surface area (Å²) in [6.45, 7) is 3.44. The summed E-state index contributed by atoms with van der Waals surface area (Å²) in [4.78, 5) is 21.2. The molecule has 0 bridgehead atoms. The van der Waals surface area contributed by atoms with Crippen LogP contribution in [-0.4, -0.2) is 21.0 Å². The molecule has 144 valence electrons. The predicted molar refractivity (Wildman–Crippen MR) is 113 cm³/mol. The summed E-state index contributed by atoms with van der Waals surface area (Å²) in [6, 6.07) is 16.5. The molecule has 4 rings (SSSR count). The number of phenolic OH excluding ortho intramolecular Hbond substituents is 1. The van der Waals surface area contributed by atoms with Crippen LogP contribution in [0.2, 0.25) is 0 Å². The Bertz CT molecular complexity index is 1240. The minimum absolute atomic E-state index is 0.142. The van der Waals surface area contributed by atoms with Gasteiger partial charge in [0.2, 0.25) is 5.76 Å². The second-order valence-corrected chi connectivity index (χ2v) is 6.61. The molecule has 4 aromatic rings. The third-order valence-electron chi connectivity index (χ3n) is 4.47. The molecule has 0 atom stereocenters. The first-order chi connectivity index (χ1) is 14.0. The Hall–Kier alpha value is -3.93. The van der Waals surface area contributed by atoms with Crippen molar-refractivity contribution in [2.45, 2.75) is 13.8 Å². The Morgan fingerprint density at radius 2 is 1.83 bits per heavy atom. The van der Waals surface area contributed by atoms with Crippen molar-refractivity contribution in [3.05, 3.63) is 83.2 Å². The molecule has 1 amide bonds. The summed E-state index contributed by atoms with van der Waals surface area (Å²) in [5, 5.41) is 13.7. The molecule has 0 aliphatic heterocycles. The van der Waals surface area contributed by atoms with Gasteiger partial charge in [0.15, 0.2) is 5.89 Å². The highest BCUT2D eigenvalue weighted by molar-refractivity contribution is 6.04. The number of fused-ring (bicyclic) bond motifs is 1. The monoisotopic (exact) mass is 385 g/mol. The lowest BCUT2D eigenvalue weighted by Gasteiger charge is -2.07. The standard InChI is InChI=1S/C23H19N3O3/c1-14-22(29-15(2)24-14)23(28)26-19-8-4-3-6-16(19)10-12-18-13-11-17-7-5-9-20(27)21(17)25-18/h3-13,27H,1-2H3,(H,26,28). The largest absolute Gasteiger partial charge is 0.506 e. The lowest BCUT2D eigenvalue weighted by Crippen LogP contribution is -2.13. The molecular formula is C23H19N3O3. The number of nitrogens with one attached hydrogen (secondary N) is 1. The zero-order valence-corrected chi connectivity index (χ0v) is 16.0. The van der Waals surface area contributed by atoms with E-state index in [0.717, 1.165) is 10.9 Å². The second-order valence-electron chi connectivity index (χ2n) is 6.61. The number of nitrogens with zero attached hydrogens (tertiary/aromatic N) is 2. The van der Waals surface area contributed by atoms with Crippen LogP contribution in [-0.2, 0) is 0 Å². The third-order valence-corrected chi connectivity index (χ3v) is 4.47. The highest BCUT2D eigenvalue weighted by atomic mass is 16.4. The van der Waals surface area contributed by atoms with Crippen LogP contribution in [0, 0.1) is 13.8 Å². The van der Waals surface area contributed by atoms with Crippen molar-refractivity contribution in [2.24, 2.45) is 0 Å². The summed E-state index contributed by atoms with van der Waals surface area (Å²) in [7, 11) is 0. The number of benzene rings is 2. The van der Waals surface area contributed by atoms with E-state index in [4.69, 9.17) is 4.42 Å². The van der Waals surface area contributed by atoms with Crippen molar-refractivity contribution < 1.29 is 14.3 Å². The fraction of sp³-hybridized carbons (Fsp3) is 0.0870. The zero-order valence-electron chi connectivity index (χ0n) is 16.0. The first-order valence-electron chi connectivity index (χ1n) is 9.12. The Balaban J connectivity index is 1.61. The molecule has 2 aromatic carbocycles. The van der Waals surface area contributed by atoms with Gasteiger partial charge in [0.05, 0.1) is 11.4 Å². The Morgan fingerprint density at radius 1 is 1.00 bits per heavy atom. The van der Waals surface area contributed by atoms with Crippen LogP contribution >= 0.6 is 0 Å². The quantitative estimate of drug-likeness (QED) is 0.518. The van der Waals surface area contributed by atoms with Crippen LogP contribution in [0.1, 0.15) is 33.4 Å². The minimum Gasteiger partial charge on any atom is -0.506 e. The molecule has 2 N–H and O–H groups in total. The van der Waals surface area contributed by atoms with Crippen LogP contribution in [0.4, 0.5) is 5.69 Å². The highest BCUT2D eigenvalue weighted by Gasteiger charge is 2.16. The number of pyridine rings is 1. The first kappa shape index (κ1) is 18.4. The normalized spacial score (nSPS) is 11.2. The maximum Gasteiger partial charge on any atom is 0.293 e. The molecule has 2 heterocycles. The Morgan fingerprint density at radius 3 is 2.62 bits per heavy atom. The summed E-state index contributed by atoms with van der Waals surface area (Å²) in [6.07, 6.45) is 3.70. The van der Waals surface area contributed by atoms with E-state index >= 15 is 0 Å². The van der Waals surface area contributed by atoms with Crippen molar-refractivity contribution in [1.29, 1.82) is 0 Å². The van der Waals surface area contributed by atoms with Gasteiger partial charge < -0.3 is 14.8 Å². The maximum atomic E-state index is 12.5. The number of para-hydroxylation sites is 2. The van der Waals surface area contributed by atoms with Crippen molar-refractivity contribution >= 4 is 34.6 Å². The molecule has 0 unspecified atom stereocenters. The SMILES string of the molecule is Cc1nc(C)c(C(=O)Nc2ccccc2C=Cc2ccc3cccc(O)c3n2)o1. The number of phenols is 1. The molecule has 0 aliphatic rings. The third kappa shape index (κ3) is 3.87. The van der Waals surface area contributed by atoms with Gasteiger partial charge >= 0.3 is 0 Å². The minimum atomic E-state index is -0.349. The van der Waals surface area contributed by atoms with Crippen molar-refractivity contribution in [2.75, 3.05) is 5.32 Å². The highest BCUT2D eigenvalue weighted by Crippen LogP contribution is 2.24. The van der Waals surface area contributed by atoms with E-state index in [-0.39, 0.29) is 17.4 Å². The van der Waals surface area contributed by atoms with E-state index in [1.54, 1.807) is 26.0 Å². The Kier molecular flexibility index (Phi) is 4.83. The lowest BCUT2D eigenvalue weighted by molar-refractivity contribution is 0.0994. The van der Waals surface area contributed by atoms with Gasteiger partial charge in [0, 0.05) is 18.0 Å². The summed E-state index contributed by atoms with van der Waals surface area (Å²) < 4.78 is 5.39. The van der Waals surface area contributed by atoms with E-state index in [1.165, 1.54) is 0 Å². The first-order valence-corrected chi connectivity index (χ1v) is 9.12. The molecule has 0 radical (unpaired) electrons. The molecule has 0 saturated carbocycles. The molecule has 6 nitrogen and oxygen atoms in total. The molecule has 2 aromatic heterocycles. The van der Waals surface area contributed by atoms with Crippen LogP contribution in [0.25, 0.3) is 23.1 Å². The number of oxazole rings is 1. The predicted octanol–water partition coefficient (Wildman–Crippen LogP) is 4.97. The van der Waals surface area contributed by atoms with E-state index in [1.807, 2.05) is 54.6 Å². The lowest BCUT2D eigenvalue weighted by atomic mass is 10.1. The topological polar surface area (TPSA) is 88.2 Å². The number of carbonyl (C=O) groups excluding carboxylic acids is 1. The van der Waals surface area contributed by atoms with Gasteiger partial charge in [-0.2, -0.15) is 0 Å². The smallest absolute Gasteiger partial charge is 0.293 e. The molecule has 6 heteroatoms. The Labute approximate surface area is 167 Å². The summed E-state index contributed by atoms with van der Waals surface area (Å²) in [5.74, 6) is 0.445. The average molecular weight is 385 g/mol. The fourth-order valence-corrected chi connectivity index (χ4v) is 3.09. The number of aromatic nitrogens is 2. The number of rotatable bonds is 4.